The zero-order chi connectivity index (χ0) is 11.6. The van der Waals surface area contributed by atoms with Crippen LogP contribution in [0.25, 0.3) is 0 Å². The average molecular weight is 244 g/mol. The lowest BCUT2D eigenvalue weighted by molar-refractivity contribution is 0.211. The molecule has 1 rings (SSSR count). The molecule has 0 radical (unpaired) electrons. The Balaban J connectivity index is 2.06. The summed E-state index contributed by atoms with van der Waals surface area (Å²) in [6.45, 7) is 5.78. The van der Waals surface area contributed by atoms with E-state index < -0.39 is 9.28 Å². The molecule has 96 valence electrons. The van der Waals surface area contributed by atoms with Crippen LogP contribution in [0.1, 0.15) is 58.8 Å². The maximum atomic E-state index is 5.69. The van der Waals surface area contributed by atoms with Gasteiger partial charge in [0.2, 0.25) is 0 Å². The number of hydrogen-bond acceptors (Lipinski definition) is 2. The second-order valence-corrected chi connectivity index (χ2v) is 6.88. The Morgan fingerprint density at radius 1 is 1.00 bits per heavy atom. The first kappa shape index (κ1) is 14.2. The van der Waals surface area contributed by atoms with Gasteiger partial charge in [-0.1, -0.05) is 44.9 Å². The summed E-state index contributed by atoms with van der Waals surface area (Å²) >= 11 is 0. The lowest BCUT2D eigenvalue weighted by atomic mass is 9.86. The molecule has 0 aromatic carbocycles. The molecule has 0 aliphatic heterocycles. The van der Waals surface area contributed by atoms with E-state index >= 15 is 0 Å². The largest absolute Gasteiger partial charge is 0.397 e. The molecule has 16 heavy (non-hydrogen) atoms. The topological polar surface area (TPSA) is 18.5 Å². The lowest BCUT2D eigenvalue weighted by Gasteiger charge is -2.22. The molecule has 1 fully saturated rings. The van der Waals surface area contributed by atoms with E-state index in [0.29, 0.717) is 0 Å². The Morgan fingerprint density at radius 3 is 2.19 bits per heavy atom. The first-order valence-corrected chi connectivity index (χ1v) is 8.86. The summed E-state index contributed by atoms with van der Waals surface area (Å²) in [7, 11) is -1.31. The van der Waals surface area contributed by atoms with Crippen molar-refractivity contribution in [2.24, 2.45) is 5.92 Å². The van der Waals surface area contributed by atoms with Crippen molar-refractivity contribution in [1.29, 1.82) is 0 Å². The molecule has 2 nitrogen and oxygen atoms in total. The summed E-state index contributed by atoms with van der Waals surface area (Å²) in [5.74, 6) is 1.01. The molecule has 0 aromatic rings. The van der Waals surface area contributed by atoms with Crippen LogP contribution in [-0.2, 0) is 8.85 Å². The van der Waals surface area contributed by atoms with Crippen molar-refractivity contribution < 1.29 is 8.85 Å². The third-order valence-corrected chi connectivity index (χ3v) is 5.77. The summed E-state index contributed by atoms with van der Waals surface area (Å²) in [5, 5.41) is 0. The van der Waals surface area contributed by atoms with E-state index in [2.05, 4.69) is 13.8 Å². The smallest absolute Gasteiger partial charge is 0.321 e. The van der Waals surface area contributed by atoms with Gasteiger partial charge >= 0.3 is 9.28 Å². The van der Waals surface area contributed by atoms with Crippen molar-refractivity contribution in [3.05, 3.63) is 0 Å². The average Bonchev–Trinajstić information content (AvgIpc) is 2.31. The van der Waals surface area contributed by atoms with Gasteiger partial charge in [0.15, 0.2) is 0 Å². The maximum absolute atomic E-state index is 5.69. The van der Waals surface area contributed by atoms with Crippen LogP contribution >= 0.6 is 0 Å². The molecule has 1 aliphatic rings. The quantitative estimate of drug-likeness (QED) is 0.607. The number of rotatable bonds is 8. The van der Waals surface area contributed by atoms with Gasteiger partial charge in [-0.15, -0.1) is 0 Å². The molecule has 0 N–H and O–H groups in total. The normalized spacial score (nSPS) is 18.2. The van der Waals surface area contributed by atoms with E-state index in [1.807, 2.05) is 0 Å². The minimum atomic E-state index is -1.31. The van der Waals surface area contributed by atoms with Crippen LogP contribution in [0.2, 0.25) is 6.04 Å². The summed E-state index contributed by atoms with van der Waals surface area (Å²) in [4.78, 5) is 0. The molecule has 0 unspecified atom stereocenters. The van der Waals surface area contributed by atoms with Gasteiger partial charge in [0.05, 0.1) is 0 Å². The second kappa shape index (κ2) is 9.20. The van der Waals surface area contributed by atoms with Crippen LogP contribution in [0.4, 0.5) is 0 Å². The fourth-order valence-corrected chi connectivity index (χ4v) is 4.38. The highest BCUT2D eigenvalue weighted by molar-refractivity contribution is 6.44. The summed E-state index contributed by atoms with van der Waals surface area (Å²) in [6, 6.07) is 1.21. The van der Waals surface area contributed by atoms with Crippen molar-refractivity contribution in [3.63, 3.8) is 0 Å². The van der Waals surface area contributed by atoms with Crippen LogP contribution in [0.5, 0.6) is 0 Å². The van der Waals surface area contributed by atoms with E-state index in [1.165, 1.54) is 51.0 Å². The van der Waals surface area contributed by atoms with Crippen molar-refractivity contribution in [3.8, 4) is 0 Å². The monoisotopic (exact) mass is 244 g/mol. The Morgan fingerprint density at radius 2 is 1.62 bits per heavy atom. The van der Waals surface area contributed by atoms with Gasteiger partial charge in [0.25, 0.3) is 0 Å². The molecule has 0 spiro atoms. The van der Waals surface area contributed by atoms with Gasteiger partial charge < -0.3 is 8.85 Å². The predicted octanol–water partition coefficient (Wildman–Crippen LogP) is 3.64. The molecule has 0 amide bonds. The van der Waals surface area contributed by atoms with Crippen LogP contribution in [0.15, 0.2) is 0 Å². The van der Waals surface area contributed by atoms with Gasteiger partial charge in [0, 0.05) is 13.2 Å². The van der Waals surface area contributed by atoms with E-state index in [1.54, 1.807) is 0 Å². The zero-order valence-electron chi connectivity index (χ0n) is 11.0. The van der Waals surface area contributed by atoms with E-state index in [4.69, 9.17) is 8.85 Å². The van der Waals surface area contributed by atoms with Crippen molar-refractivity contribution in [2.45, 2.75) is 64.8 Å². The van der Waals surface area contributed by atoms with Crippen LogP contribution in [0, 0.1) is 5.92 Å². The highest BCUT2D eigenvalue weighted by Crippen LogP contribution is 2.28. The minimum absolute atomic E-state index is 0.820. The molecular weight excluding hydrogens is 216 g/mol. The van der Waals surface area contributed by atoms with E-state index in [9.17, 15) is 0 Å². The molecule has 0 aromatic heterocycles. The van der Waals surface area contributed by atoms with Gasteiger partial charge in [-0.2, -0.15) is 0 Å². The van der Waals surface area contributed by atoms with Gasteiger partial charge in [-0.3, -0.25) is 0 Å². The second-order valence-electron chi connectivity index (χ2n) is 4.78. The van der Waals surface area contributed by atoms with Gasteiger partial charge in [-0.05, 0) is 25.8 Å². The molecular formula is C13H28O2Si. The predicted molar refractivity (Wildman–Crippen MR) is 71.0 cm³/mol. The van der Waals surface area contributed by atoms with Gasteiger partial charge in [-0.25, -0.2) is 0 Å². The highest BCUT2D eigenvalue weighted by atomic mass is 28.3. The van der Waals surface area contributed by atoms with Crippen LogP contribution in [0.3, 0.4) is 0 Å². The molecule has 0 atom stereocenters. The molecule has 0 bridgehead atoms. The summed E-state index contributed by atoms with van der Waals surface area (Å²) in [6.07, 6.45) is 10.0. The third kappa shape index (κ3) is 6.02. The summed E-state index contributed by atoms with van der Waals surface area (Å²) in [5.41, 5.74) is 0. The summed E-state index contributed by atoms with van der Waals surface area (Å²) < 4.78 is 11.4. The van der Waals surface area contributed by atoms with Crippen molar-refractivity contribution >= 4 is 9.28 Å². The zero-order valence-corrected chi connectivity index (χ0v) is 12.2. The number of hydrogen-bond donors (Lipinski definition) is 0. The van der Waals surface area contributed by atoms with Crippen LogP contribution < -0.4 is 0 Å². The van der Waals surface area contributed by atoms with Gasteiger partial charge in [0.1, 0.15) is 0 Å². The first-order chi connectivity index (χ1) is 7.86. The van der Waals surface area contributed by atoms with Crippen LogP contribution in [-0.4, -0.2) is 22.5 Å². The highest BCUT2D eigenvalue weighted by Gasteiger charge is 2.16. The molecule has 1 saturated carbocycles. The Hall–Kier alpha value is 0.137. The van der Waals surface area contributed by atoms with Crippen molar-refractivity contribution in [2.75, 3.05) is 13.2 Å². The molecule has 3 heteroatoms. The van der Waals surface area contributed by atoms with E-state index in [-0.39, 0.29) is 0 Å². The molecule has 0 heterocycles. The Bertz CT molecular complexity index is 152. The lowest BCUT2D eigenvalue weighted by Crippen LogP contribution is -2.23. The standard InChI is InChI=1S/C13H28O2Si/c1-3-14-16(15-4-2)12-8-11-13-9-6-5-7-10-13/h13,16H,3-12H2,1-2H3. The third-order valence-electron chi connectivity index (χ3n) is 3.48. The Kier molecular flexibility index (Phi) is 8.16. The van der Waals surface area contributed by atoms with E-state index in [0.717, 1.165) is 19.1 Å². The minimum Gasteiger partial charge on any atom is -0.397 e. The van der Waals surface area contributed by atoms with Crippen molar-refractivity contribution in [1.82, 2.24) is 0 Å². The fourth-order valence-electron chi connectivity index (χ4n) is 2.64. The Labute approximate surface area is 103 Å². The molecule has 1 aliphatic carbocycles. The maximum Gasteiger partial charge on any atom is 0.321 e. The SMILES string of the molecule is CCO[SiH](CCCC1CCCCC1)OCC. The first-order valence-electron chi connectivity index (χ1n) is 7.10. The molecule has 0 saturated heterocycles. The fraction of sp³-hybridized carbons (Fsp3) is 1.00.